The minimum Gasteiger partial charge on any atom is -0.481 e. The molecule has 6 nitrogen and oxygen atoms in total. The van der Waals surface area contributed by atoms with Crippen LogP contribution in [0.25, 0.3) is 0 Å². The number of carboxylic acids is 1. The molecule has 17 heavy (non-hydrogen) atoms. The third kappa shape index (κ3) is 2.25. The largest absolute Gasteiger partial charge is 0.481 e. The van der Waals surface area contributed by atoms with E-state index in [0.29, 0.717) is 19.4 Å². The molecule has 3 N–H and O–H groups in total. The SMILES string of the molecule is NC(=O)C1CCCCN1C(=O)C1CC1C(=O)O. The number of primary amides is 1. The van der Waals surface area contributed by atoms with Crippen LogP contribution in [0.3, 0.4) is 0 Å². The molecule has 1 aliphatic carbocycles. The molecule has 2 aliphatic rings. The average molecular weight is 240 g/mol. The van der Waals surface area contributed by atoms with Gasteiger partial charge in [-0.05, 0) is 25.7 Å². The zero-order valence-electron chi connectivity index (χ0n) is 9.46. The predicted octanol–water partition coefficient (Wildman–Crippen LogP) is -0.427. The van der Waals surface area contributed by atoms with Gasteiger partial charge in [-0.15, -0.1) is 0 Å². The van der Waals surface area contributed by atoms with Crippen molar-refractivity contribution in [2.75, 3.05) is 6.54 Å². The fourth-order valence-electron chi connectivity index (χ4n) is 2.44. The molecular weight excluding hydrogens is 224 g/mol. The highest BCUT2D eigenvalue weighted by molar-refractivity contribution is 5.93. The van der Waals surface area contributed by atoms with Crippen LogP contribution in [-0.2, 0) is 14.4 Å². The molecular formula is C11H16N2O4. The van der Waals surface area contributed by atoms with Crippen LogP contribution in [0.1, 0.15) is 25.7 Å². The summed E-state index contributed by atoms with van der Waals surface area (Å²) in [6, 6.07) is -0.550. The van der Waals surface area contributed by atoms with E-state index in [1.807, 2.05) is 0 Å². The van der Waals surface area contributed by atoms with Gasteiger partial charge in [0.05, 0.1) is 11.8 Å². The first-order chi connectivity index (χ1) is 8.02. The number of piperidine rings is 1. The van der Waals surface area contributed by atoms with E-state index in [1.165, 1.54) is 4.90 Å². The number of hydrogen-bond acceptors (Lipinski definition) is 3. The standard InChI is InChI=1S/C11H16N2O4/c12-9(14)8-3-1-2-4-13(8)10(15)6-5-7(6)11(16)17/h6-8H,1-5H2,(H2,12,14)(H,16,17). The van der Waals surface area contributed by atoms with Crippen LogP contribution in [0.2, 0.25) is 0 Å². The molecule has 1 aliphatic heterocycles. The number of carboxylic acid groups (broad SMARTS) is 1. The summed E-state index contributed by atoms with van der Waals surface area (Å²) in [7, 11) is 0. The minimum atomic E-state index is -0.934. The third-order valence-corrected chi connectivity index (χ3v) is 3.54. The molecule has 1 heterocycles. The number of rotatable bonds is 3. The Morgan fingerprint density at radius 1 is 1.18 bits per heavy atom. The van der Waals surface area contributed by atoms with Gasteiger partial charge in [0, 0.05) is 6.54 Å². The lowest BCUT2D eigenvalue weighted by atomic mass is 10.0. The van der Waals surface area contributed by atoms with Gasteiger partial charge in [-0.25, -0.2) is 0 Å². The molecule has 3 unspecified atom stereocenters. The average Bonchev–Trinajstić information content (AvgIpc) is 3.08. The van der Waals surface area contributed by atoms with Crippen LogP contribution < -0.4 is 5.73 Å². The van der Waals surface area contributed by atoms with Gasteiger partial charge in [0.15, 0.2) is 0 Å². The number of hydrogen-bond donors (Lipinski definition) is 2. The number of nitrogens with two attached hydrogens (primary N) is 1. The summed E-state index contributed by atoms with van der Waals surface area (Å²) in [5.41, 5.74) is 5.26. The fraction of sp³-hybridized carbons (Fsp3) is 0.727. The maximum absolute atomic E-state index is 12.0. The second kappa shape index (κ2) is 4.35. The Labute approximate surface area is 98.8 Å². The van der Waals surface area contributed by atoms with Gasteiger partial charge in [-0.3, -0.25) is 14.4 Å². The maximum atomic E-state index is 12.0. The summed E-state index contributed by atoms with van der Waals surface area (Å²) in [6.45, 7) is 0.509. The van der Waals surface area contributed by atoms with Crippen molar-refractivity contribution >= 4 is 17.8 Å². The Bertz CT molecular complexity index is 368. The molecule has 0 aromatic heterocycles. The minimum absolute atomic E-state index is 0.221. The molecule has 0 aromatic carbocycles. The highest BCUT2D eigenvalue weighted by atomic mass is 16.4. The lowest BCUT2D eigenvalue weighted by molar-refractivity contribution is -0.145. The second-order valence-electron chi connectivity index (χ2n) is 4.73. The van der Waals surface area contributed by atoms with Crippen LogP contribution in [0.15, 0.2) is 0 Å². The molecule has 1 saturated heterocycles. The van der Waals surface area contributed by atoms with E-state index in [-0.39, 0.29) is 5.91 Å². The van der Waals surface area contributed by atoms with Gasteiger partial charge in [-0.1, -0.05) is 0 Å². The first kappa shape index (κ1) is 11.9. The highest BCUT2D eigenvalue weighted by Gasteiger charge is 2.51. The van der Waals surface area contributed by atoms with Crippen molar-refractivity contribution in [3.05, 3.63) is 0 Å². The van der Waals surface area contributed by atoms with Crippen molar-refractivity contribution in [3.63, 3.8) is 0 Å². The zero-order valence-corrected chi connectivity index (χ0v) is 9.46. The van der Waals surface area contributed by atoms with Crippen molar-refractivity contribution in [2.24, 2.45) is 17.6 Å². The smallest absolute Gasteiger partial charge is 0.307 e. The molecule has 0 radical (unpaired) electrons. The van der Waals surface area contributed by atoms with Gasteiger partial charge in [0.1, 0.15) is 6.04 Å². The van der Waals surface area contributed by atoms with E-state index in [9.17, 15) is 14.4 Å². The van der Waals surface area contributed by atoms with Crippen LogP contribution in [0, 0.1) is 11.8 Å². The molecule has 1 saturated carbocycles. The Hall–Kier alpha value is -1.59. The molecule has 0 bridgehead atoms. The van der Waals surface area contributed by atoms with E-state index in [0.717, 1.165) is 12.8 Å². The summed E-state index contributed by atoms with van der Waals surface area (Å²) in [5.74, 6) is -2.67. The van der Waals surface area contributed by atoms with Crippen LogP contribution >= 0.6 is 0 Å². The second-order valence-corrected chi connectivity index (χ2v) is 4.73. The third-order valence-electron chi connectivity index (χ3n) is 3.54. The topological polar surface area (TPSA) is 101 Å². The normalized spacial score (nSPS) is 32.0. The van der Waals surface area contributed by atoms with E-state index < -0.39 is 29.8 Å². The molecule has 6 heteroatoms. The first-order valence-electron chi connectivity index (χ1n) is 5.85. The summed E-state index contributed by atoms with van der Waals surface area (Å²) >= 11 is 0. The van der Waals surface area contributed by atoms with Gasteiger partial charge in [0.2, 0.25) is 11.8 Å². The van der Waals surface area contributed by atoms with Crippen LogP contribution in [0.4, 0.5) is 0 Å². The van der Waals surface area contributed by atoms with E-state index in [2.05, 4.69) is 0 Å². The van der Waals surface area contributed by atoms with Crippen LogP contribution in [0.5, 0.6) is 0 Å². The number of carbonyl (C=O) groups is 3. The lowest BCUT2D eigenvalue weighted by Gasteiger charge is -2.33. The monoisotopic (exact) mass is 240 g/mol. The van der Waals surface area contributed by atoms with Crippen molar-refractivity contribution < 1.29 is 19.5 Å². The highest BCUT2D eigenvalue weighted by Crippen LogP contribution is 2.41. The number of amides is 2. The quantitative estimate of drug-likeness (QED) is 0.699. The lowest BCUT2D eigenvalue weighted by Crippen LogP contribution is -2.51. The summed E-state index contributed by atoms with van der Waals surface area (Å²) < 4.78 is 0. The van der Waals surface area contributed by atoms with Gasteiger partial charge >= 0.3 is 5.97 Å². The van der Waals surface area contributed by atoms with E-state index in [1.54, 1.807) is 0 Å². The molecule has 0 spiro atoms. The van der Waals surface area contributed by atoms with Crippen molar-refractivity contribution in [1.82, 2.24) is 4.90 Å². The first-order valence-corrected chi connectivity index (χ1v) is 5.85. The fourth-order valence-corrected chi connectivity index (χ4v) is 2.44. The Morgan fingerprint density at radius 2 is 1.88 bits per heavy atom. The molecule has 94 valence electrons. The molecule has 2 amide bonds. The van der Waals surface area contributed by atoms with Gasteiger partial charge in [-0.2, -0.15) is 0 Å². The summed E-state index contributed by atoms with van der Waals surface area (Å²) in [6.07, 6.45) is 2.70. The van der Waals surface area contributed by atoms with Gasteiger partial charge in [0.25, 0.3) is 0 Å². The van der Waals surface area contributed by atoms with Crippen molar-refractivity contribution in [1.29, 1.82) is 0 Å². The number of carbonyl (C=O) groups excluding carboxylic acids is 2. The Kier molecular flexibility index (Phi) is 3.04. The maximum Gasteiger partial charge on any atom is 0.307 e. The number of aliphatic carboxylic acids is 1. The van der Waals surface area contributed by atoms with Gasteiger partial charge < -0.3 is 15.7 Å². The van der Waals surface area contributed by atoms with E-state index in [4.69, 9.17) is 10.8 Å². The number of likely N-dealkylation sites (tertiary alicyclic amines) is 1. The predicted molar refractivity (Wildman–Crippen MR) is 57.8 cm³/mol. The summed E-state index contributed by atoms with van der Waals surface area (Å²) in [5, 5.41) is 8.78. The zero-order chi connectivity index (χ0) is 12.6. The van der Waals surface area contributed by atoms with Crippen molar-refractivity contribution in [3.8, 4) is 0 Å². The van der Waals surface area contributed by atoms with E-state index >= 15 is 0 Å². The molecule has 3 atom stereocenters. The van der Waals surface area contributed by atoms with Crippen LogP contribution in [-0.4, -0.2) is 40.4 Å². The molecule has 0 aromatic rings. The molecule has 2 fully saturated rings. The summed E-state index contributed by atoms with van der Waals surface area (Å²) in [4.78, 5) is 35.5. The Morgan fingerprint density at radius 3 is 2.41 bits per heavy atom. The van der Waals surface area contributed by atoms with Crippen molar-refractivity contribution in [2.45, 2.75) is 31.7 Å². The number of nitrogens with zero attached hydrogens (tertiary/aromatic N) is 1. The molecule has 2 rings (SSSR count). The Balaban J connectivity index is 2.03.